The molecule has 2 saturated heterocycles. The Morgan fingerprint density at radius 3 is 3.00 bits per heavy atom. The van der Waals surface area contributed by atoms with Gasteiger partial charge in [-0.1, -0.05) is 6.07 Å². The first-order valence-electron chi connectivity index (χ1n) is 8.06. The van der Waals surface area contributed by atoms with Crippen LogP contribution in [0.1, 0.15) is 24.8 Å². The summed E-state index contributed by atoms with van der Waals surface area (Å²) in [6.45, 7) is 4.94. The predicted molar refractivity (Wildman–Crippen MR) is 84.1 cm³/mol. The van der Waals surface area contributed by atoms with Gasteiger partial charge < -0.3 is 15.4 Å². The third-order valence-electron chi connectivity index (χ3n) is 4.43. The number of carbonyl (C=O) groups is 1. The Kier molecular flexibility index (Phi) is 4.90. The molecule has 6 nitrogen and oxygen atoms in total. The average Bonchev–Trinajstić information content (AvgIpc) is 2.96. The molecular weight excluding hydrogens is 280 g/mol. The molecule has 1 aromatic rings. The molecule has 1 atom stereocenters. The fraction of sp³-hybridized carbons (Fsp3) is 0.625. The van der Waals surface area contributed by atoms with Crippen molar-refractivity contribution in [2.45, 2.75) is 31.9 Å². The van der Waals surface area contributed by atoms with Crippen LogP contribution in [0.15, 0.2) is 18.3 Å². The average molecular weight is 304 g/mol. The second-order valence-electron chi connectivity index (χ2n) is 6.00. The molecule has 0 saturated carbocycles. The minimum atomic E-state index is -0.208. The first kappa shape index (κ1) is 15.2. The molecule has 3 rings (SSSR count). The van der Waals surface area contributed by atoms with E-state index in [0.29, 0.717) is 5.82 Å². The van der Waals surface area contributed by atoms with Crippen LogP contribution in [0.2, 0.25) is 0 Å². The first-order valence-corrected chi connectivity index (χ1v) is 8.06. The summed E-state index contributed by atoms with van der Waals surface area (Å²) in [5, 5.41) is 0. The van der Waals surface area contributed by atoms with Crippen molar-refractivity contribution in [3.63, 3.8) is 0 Å². The Labute approximate surface area is 131 Å². The number of hydrogen-bond acceptors (Lipinski definition) is 5. The number of aromatic nitrogens is 1. The second kappa shape index (κ2) is 7.07. The summed E-state index contributed by atoms with van der Waals surface area (Å²) < 4.78 is 5.52. The van der Waals surface area contributed by atoms with Crippen molar-refractivity contribution >= 4 is 11.7 Å². The normalized spacial score (nSPS) is 23.5. The minimum Gasteiger partial charge on any atom is -0.383 e. The molecule has 0 radical (unpaired) electrons. The number of hydrogen-bond donors (Lipinski definition) is 1. The van der Waals surface area contributed by atoms with Gasteiger partial charge in [0.1, 0.15) is 11.9 Å². The lowest BCUT2D eigenvalue weighted by Crippen LogP contribution is -2.41. The summed E-state index contributed by atoms with van der Waals surface area (Å²) in [6, 6.07) is 3.93. The Morgan fingerprint density at radius 2 is 2.23 bits per heavy atom. The van der Waals surface area contributed by atoms with Gasteiger partial charge in [-0.25, -0.2) is 4.98 Å². The third-order valence-corrected chi connectivity index (χ3v) is 4.43. The van der Waals surface area contributed by atoms with E-state index in [-0.39, 0.29) is 12.0 Å². The highest BCUT2D eigenvalue weighted by atomic mass is 16.5. The van der Waals surface area contributed by atoms with Crippen molar-refractivity contribution < 1.29 is 9.53 Å². The number of anilines is 1. The Balaban J connectivity index is 1.55. The molecule has 1 amide bonds. The molecule has 2 aliphatic rings. The number of rotatable bonds is 3. The Morgan fingerprint density at radius 1 is 1.32 bits per heavy atom. The summed E-state index contributed by atoms with van der Waals surface area (Å²) in [7, 11) is 0. The van der Waals surface area contributed by atoms with E-state index in [0.717, 1.165) is 64.2 Å². The van der Waals surface area contributed by atoms with E-state index in [1.54, 1.807) is 6.20 Å². The molecule has 6 heteroatoms. The van der Waals surface area contributed by atoms with Crippen LogP contribution in [-0.4, -0.2) is 59.6 Å². The molecule has 22 heavy (non-hydrogen) atoms. The molecule has 0 spiro atoms. The van der Waals surface area contributed by atoms with E-state index in [1.807, 2.05) is 17.0 Å². The fourth-order valence-corrected chi connectivity index (χ4v) is 3.15. The number of nitrogens with zero attached hydrogens (tertiary/aromatic N) is 3. The summed E-state index contributed by atoms with van der Waals surface area (Å²) in [5.74, 6) is 0.763. The number of nitrogens with two attached hydrogens (primary N) is 1. The number of carbonyl (C=O) groups excluding carboxylic acids is 1. The SMILES string of the molecule is Nc1ncccc1CN1CCCN(C(=O)[C@H]2CCCO2)CC1. The molecule has 2 N–H and O–H groups in total. The topological polar surface area (TPSA) is 71.7 Å². The second-order valence-corrected chi connectivity index (χ2v) is 6.00. The molecule has 120 valence electrons. The van der Waals surface area contributed by atoms with Gasteiger partial charge in [-0.2, -0.15) is 0 Å². The third kappa shape index (κ3) is 3.56. The van der Waals surface area contributed by atoms with E-state index in [1.165, 1.54) is 0 Å². The zero-order valence-corrected chi connectivity index (χ0v) is 12.9. The van der Waals surface area contributed by atoms with Gasteiger partial charge in [0.2, 0.25) is 0 Å². The maximum atomic E-state index is 12.4. The van der Waals surface area contributed by atoms with Crippen molar-refractivity contribution in [2.24, 2.45) is 0 Å². The first-order chi connectivity index (χ1) is 10.7. The van der Waals surface area contributed by atoms with E-state index in [9.17, 15) is 4.79 Å². The molecule has 3 heterocycles. The number of nitrogen functional groups attached to an aromatic ring is 1. The van der Waals surface area contributed by atoms with Crippen LogP contribution < -0.4 is 5.73 Å². The molecule has 0 aliphatic carbocycles. The van der Waals surface area contributed by atoms with Gasteiger partial charge in [0.15, 0.2) is 0 Å². The number of amides is 1. The van der Waals surface area contributed by atoms with Crippen molar-refractivity contribution in [3.8, 4) is 0 Å². The van der Waals surface area contributed by atoms with Gasteiger partial charge in [0.25, 0.3) is 5.91 Å². The molecule has 1 aromatic heterocycles. The fourth-order valence-electron chi connectivity index (χ4n) is 3.15. The number of ether oxygens (including phenoxy) is 1. The highest BCUT2D eigenvalue weighted by Crippen LogP contribution is 2.17. The highest BCUT2D eigenvalue weighted by molar-refractivity contribution is 5.81. The van der Waals surface area contributed by atoms with Gasteiger partial charge >= 0.3 is 0 Å². The zero-order valence-electron chi connectivity index (χ0n) is 12.9. The standard InChI is InChI=1S/C16H24N4O2/c17-15-13(4-1-6-18-15)12-19-7-3-8-20(10-9-19)16(21)14-5-2-11-22-14/h1,4,6,14H,2-3,5,7-12H2,(H2,17,18)/t14-/m1/s1. The van der Waals surface area contributed by atoms with Crippen molar-refractivity contribution in [3.05, 3.63) is 23.9 Å². The largest absolute Gasteiger partial charge is 0.383 e. The van der Waals surface area contributed by atoms with E-state index < -0.39 is 0 Å². The van der Waals surface area contributed by atoms with Crippen molar-refractivity contribution in [1.82, 2.24) is 14.8 Å². The molecule has 0 aromatic carbocycles. The van der Waals surface area contributed by atoms with Crippen LogP contribution in [0, 0.1) is 0 Å². The highest BCUT2D eigenvalue weighted by Gasteiger charge is 2.29. The maximum Gasteiger partial charge on any atom is 0.251 e. The molecule has 0 bridgehead atoms. The summed E-state index contributed by atoms with van der Waals surface area (Å²) in [5.41, 5.74) is 6.97. The Bertz CT molecular complexity index is 517. The smallest absolute Gasteiger partial charge is 0.251 e. The van der Waals surface area contributed by atoms with Gasteiger partial charge in [-0.15, -0.1) is 0 Å². The van der Waals surface area contributed by atoms with Crippen LogP contribution in [-0.2, 0) is 16.1 Å². The molecule has 2 fully saturated rings. The van der Waals surface area contributed by atoms with E-state index in [2.05, 4.69) is 9.88 Å². The number of pyridine rings is 1. The monoisotopic (exact) mass is 304 g/mol. The van der Waals surface area contributed by atoms with Crippen molar-refractivity contribution in [2.75, 3.05) is 38.5 Å². The van der Waals surface area contributed by atoms with Crippen molar-refractivity contribution in [1.29, 1.82) is 0 Å². The zero-order chi connectivity index (χ0) is 15.4. The maximum absolute atomic E-state index is 12.4. The Hall–Kier alpha value is -1.66. The molecule has 0 unspecified atom stereocenters. The van der Waals surface area contributed by atoms with Crippen LogP contribution in [0.5, 0.6) is 0 Å². The minimum absolute atomic E-state index is 0.167. The van der Waals surface area contributed by atoms with Crippen LogP contribution in [0.3, 0.4) is 0 Å². The lowest BCUT2D eigenvalue weighted by molar-refractivity contribution is -0.140. The summed E-state index contributed by atoms with van der Waals surface area (Å²) in [6.07, 6.45) is 4.35. The quantitative estimate of drug-likeness (QED) is 0.897. The van der Waals surface area contributed by atoms with Crippen LogP contribution in [0.4, 0.5) is 5.82 Å². The lowest BCUT2D eigenvalue weighted by atomic mass is 10.2. The van der Waals surface area contributed by atoms with Gasteiger partial charge in [-0.05, 0) is 25.3 Å². The van der Waals surface area contributed by atoms with Gasteiger partial charge in [0, 0.05) is 51.1 Å². The molecular formula is C16H24N4O2. The van der Waals surface area contributed by atoms with Crippen LogP contribution in [0.25, 0.3) is 0 Å². The summed E-state index contributed by atoms with van der Waals surface area (Å²) >= 11 is 0. The lowest BCUT2D eigenvalue weighted by Gasteiger charge is -2.24. The van der Waals surface area contributed by atoms with Gasteiger partial charge in [0.05, 0.1) is 0 Å². The van der Waals surface area contributed by atoms with Crippen LogP contribution >= 0.6 is 0 Å². The summed E-state index contributed by atoms with van der Waals surface area (Å²) in [4.78, 5) is 20.9. The molecule has 2 aliphatic heterocycles. The van der Waals surface area contributed by atoms with Gasteiger partial charge in [-0.3, -0.25) is 9.69 Å². The van der Waals surface area contributed by atoms with E-state index in [4.69, 9.17) is 10.5 Å². The van der Waals surface area contributed by atoms with E-state index >= 15 is 0 Å². The predicted octanol–water partition coefficient (Wildman–Crippen LogP) is 0.877.